The number of rotatable bonds is 12. The molecule has 7 nitrogen and oxygen atoms in total. The summed E-state index contributed by atoms with van der Waals surface area (Å²) < 4.78 is 16.2. The maximum absolute atomic E-state index is 5.94. The van der Waals surface area contributed by atoms with Crippen LogP contribution in [0.2, 0.25) is 0 Å². The molecule has 0 spiro atoms. The van der Waals surface area contributed by atoms with Crippen molar-refractivity contribution in [3.8, 4) is 0 Å². The Morgan fingerprint density at radius 3 is 2.33 bits per heavy atom. The number of aliphatic imine (C=N–C) groups is 1. The molecule has 0 radical (unpaired) electrons. The molecule has 27 heavy (non-hydrogen) atoms. The van der Waals surface area contributed by atoms with Crippen LogP contribution in [0.1, 0.15) is 32.1 Å². The van der Waals surface area contributed by atoms with Crippen molar-refractivity contribution in [1.82, 2.24) is 15.1 Å². The summed E-state index contributed by atoms with van der Waals surface area (Å²) in [5.74, 6) is 1.02. The van der Waals surface area contributed by atoms with Crippen LogP contribution in [-0.2, 0) is 14.2 Å². The summed E-state index contributed by atoms with van der Waals surface area (Å²) in [6.45, 7) is 7.39. The number of nitrogens with one attached hydrogen (secondary N) is 1. The largest absolute Gasteiger partial charge is 0.385 e. The number of nitrogens with zero attached hydrogens (tertiary/aromatic N) is 3. The zero-order valence-corrected chi connectivity index (χ0v) is 19.7. The molecule has 0 unspecified atom stereocenters. The normalized spacial score (nSPS) is 18.7. The zero-order valence-electron chi connectivity index (χ0n) is 17.3. The highest BCUT2D eigenvalue weighted by atomic mass is 127. The minimum Gasteiger partial charge on any atom is -0.385 e. The van der Waals surface area contributed by atoms with Gasteiger partial charge in [-0.25, -0.2) is 0 Å². The molecular formula is C19H39IN4O3. The highest BCUT2D eigenvalue weighted by Gasteiger charge is 2.28. The fourth-order valence-corrected chi connectivity index (χ4v) is 3.46. The number of hydrogen-bond donors (Lipinski definition) is 1. The van der Waals surface area contributed by atoms with Gasteiger partial charge in [0.15, 0.2) is 5.96 Å². The molecule has 1 aliphatic carbocycles. The van der Waals surface area contributed by atoms with Crippen molar-refractivity contribution in [3.05, 3.63) is 0 Å². The predicted octanol–water partition coefficient (Wildman–Crippen LogP) is 1.81. The van der Waals surface area contributed by atoms with Crippen LogP contribution in [-0.4, -0.2) is 102 Å². The number of likely N-dealkylation sites (tertiary alicyclic amines) is 1. The third kappa shape index (κ3) is 9.74. The Balaban J connectivity index is 0.00000364. The van der Waals surface area contributed by atoms with Crippen LogP contribution >= 0.6 is 24.0 Å². The lowest BCUT2D eigenvalue weighted by Crippen LogP contribution is -2.48. The van der Waals surface area contributed by atoms with Crippen molar-refractivity contribution in [1.29, 1.82) is 0 Å². The van der Waals surface area contributed by atoms with Gasteiger partial charge in [-0.15, -0.1) is 24.0 Å². The van der Waals surface area contributed by atoms with Gasteiger partial charge in [-0.2, -0.15) is 0 Å². The molecule has 0 atom stereocenters. The van der Waals surface area contributed by atoms with Gasteiger partial charge in [0.05, 0.1) is 12.7 Å². The fraction of sp³-hybridized carbons (Fsp3) is 0.947. The summed E-state index contributed by atoms with van der Waals surface area (Å²) in [4.78, 5) is 9.36. The smallest absolute Gasteiger partial charge is 0.193 e. The first-order valence-corrected chi connectivity index (χ1v) is 10.1. The monoisotopic (exact) mass is 498 g/mol. The molecule has 160 valence electrons. The first-order chi connectivity index (χ1) is 12.8. The molecular weight excluding hydrogens is 459 g/mol. The van der Waals surface area contributed by atoms with Crippen molar-refractivity contribution in [2.45, 2.75) is 44.2 Å². The number of halogens is 1. The lowest BCUT2D eigenvalue weighted by atomic mass is 10.1. The molecule has 1 saturated heterocycles. The molecule has 2 rings (SSSR count). The van der Waals surface area contributed by atoms with Gasteiger partial charge < -0.3 is 24.4 Å². The van der Waals surface area contributed by atoms with Crippen molar-refractivity contribution >= 4 is 29.9 Å². The van der Waals surface area contributed by atoms with E-state index < -0.39 is 0 Å². The van der Waals surface area contributed by atoms with E-state index in [2.05, 4.69) is 20.1 Å². The second-order valence-electron chi connectivity index (χ2n) is 7.14. The van der Waals surface area contributed by atoms with E-state index in [4.69, 9.17) is 14.2 Å². The first kappa shape index (κ1) is 24.9. The summed E-state index contributed by atoms with van der Waals surface area (Å²) in [6.07, 6.45) is 6.14. The minimum atomic E-state index is 0. The van der Waals surface area contributed by atoms with E-state index in [-0.39, 0.29) is 24.0 Å². The molecule has 2 fully saturated rings. The van der Waals surface area contributed by atoms with Crippen molar-refractivity contribution in [2.24, 2.45) is 4.99 Å². The van der Waals surface area contributed by atoms with Crippen molar-refractivity contribution in [2.75, 3.05) is 73.8 Å². The Kier molecular flexibility index (Phi) is 13.6. The van der Waals surface area contributed by atoms with Crippen LogP contribution in [0.3, 0.4) is 0 Å². The topological polar surface area (TPSA) is 58.6 Å². The minimum absolute atomic E-state index is 0. The van der Waals surface area contributed by atoms with Crippen LogP contribution in [0.5, 0.6) is 0 Å². The van der Waals surface area contributed by atoms with Gasteiger partial charge in [-0.05, 0) is 32.1 Å². The molecule has 1 aliphatic heterocycles. The highest BCUT2D eigenvalue weighted by molar-refractivity contribution is 14.0. The number of ether oxygens (including phenoxy) is 3. The SMILES string of the molecule is CN=C(NCCN(CCOC)C1CC1)N1CCC(OCCCOC)CC1.I. The average Bonchev–Trinajstić information content (AvgIpc) is 3.51. The molecule has 0 bridgehead atoms. The van der Waals surface area contributed by atoms with Gasteiger partial charge in [0.25, 0.3) is 0 Å². The third-order valence-electron chi connectivity index (χ3n) is 5.13. The Morgan fingerprint density at radius 2 is 1.74 bits per heavy atom. The highest BCUT2D eigenvalue weighted by Crippen LogP contribution is 2.26. The molecule has 0 amide bonds. The van der Waals surface area contributed by atoms with E-state index in [1.807, 2.05) is 7.05 Å². The Bertz CT molecular complexity index is 402. The molecule has 0 aromatic rings. The van der Waals surface area contributed by atoms with E-state index in [0.717, 1.165) is 83.8 Å². The maximum atomic E-state index is 5.94. The molecule has 0 aromatic heterocycles. The summed E-state index contributed by atoms with van der Waals surface area (Å²) in [5, 5.41) is 3.54. The van der Waals surface area contributed by atoms with Gasteiger partial charge in [0.1, 0.15) is 0 Å². The zero-order chi connectivity index (χ0) is 18.6. The van der Waals surface area contributed by atoms with Crippen LogP contribution < -0.4 is 5.32 Å². The summed E-state index contributed by atoms with van der Waals surface area (Å²) in [7, 11) is 5.38. The number of piperidine rings is 1. The van der Waals surface area contributed by atoms with Crippen molar-refractivity contribution in [3.63, 3.8) is 0 Å². The molecule has 0 aromatic carbocycles. The second-order valence-corrected chi connectivity index (χ2v) is 7.14. The molecule has 1 heterocycles. The first-order valence-electron chi connectivity index (χ1n) is 10.1. The van der Waals surface area contributed by atoms with Gasteiger partial charge in [-0.1, -0.05) is 0 Å². The standard InChI is InChI=1S/C19H38N4O3.HI/c1-20-19(21-9-12-22(13-16-25-3)17-5-6-17)23-10-7-18(8-11-23)26-15-4-14-24-2;/h17-18H,4-16H2,1-3H3,(H,20,21);1H. The average molecular weight is 498 g/mol. The lowest BCUT2D eigenvalue weighted by molar-refractivity contribution is 0.00989. The molecule has 8 heteroatoms. The summed E-state index contributed by atoms with van der Waals surface area (Å²) in [5.41, 5.74) is 0. The van der Waals surface area contributed by atoms with E-state index in [1.54, 1.807) is 14.2 Å². The van der Waals surface area contributed by atoms with E-state index in [9.17, 15) is 0 Å². The van der Waals surface area contributed by atoms with Gasteiger partial charge >= 0.3 is 0 Å². The summed E-state index contributed by atoms with van der Waals surface area (Å²) >= 11 is 0. The Morgan fingerprint density at radius 1 is 1.04 bits per heavy atom. The van der Waals surface area contributed by atoms with Crippen LogP contribution in [0.15, 0.2) is 4.99 Å². The van der Waals surface area contributed by atoms with Crippen LogP contribution in [0.25, 0.3) is 0 Å². The number of hydrogen-bond acceptors (Lipinski definition) is 5. The molecule has 2 aliphatic rings. The van der Waals surface area contributed by atoms with E-state index >= 15 is 0 Å². The fourth-order valence-electron chi connectivity index (χ4n) is 3.46. The van der Waals surface area contributed by atoms with E-state index in [0.29, 0.717) is 6.10 Å². The molecule has 1 saturated carbocycles. The lowest BCUT2D eigenvalue weighted by Gasteiger charge is -2.34. The third-order valence-corrected chi connectivity index (χ3v) is 5.13. The predicted molar refractivity (Wildman–Crippen MR) is 120 cm³/mol. The second kappa shape index (κ2) is 14.8. The van der Waals surface area contributed by atoms with Gasteiger partial charge in [0.2, 0.25) is 0 Å². The Labute approximate surface area is 182 Å². The Hall–Kier alpha value is -0.160. The van der Waals surface area contributed by atoms with Gasteiger partial charge in [0, 0.05) is 73.2 Å². The van der Waals surface area contributed by atoms with Crippen LogP contribution in [0.4, 0.5) is 0 Å². The van der Waals surface area contributed by atoms with Gasteiger partial charge in [-0.3, -0.25) is 9.89 Å². The number of methoxy groups -OCH3 is 2. The van der Waals surface area contributed by atoms with Crippen molar-refractivity contribution < 1.29 is 14.2 Å². The number of guanidine groups is 1. The molecule has 1 N–H and O–H groups in total. The van der Waals surface area contributed by atoms with Crippen LogP contribution in [0, 0.1) is 0 Å². The summed E-state index contributed by atoms with van der Waals surface area (Å²) in [6, 6.07) is 0.764. The maximum Gasteiger partial charge on any atom is 0.193 e. The quantitative estimate of drug-likeness (QED) is 0.192. The van der Waals surface area contributed by atoms with E-state index in [1.165, 1.54) is 12.8 Å².